The van der Waals surface area contributed by atoms with Gasteiger partial charge in [-0.1, -0.05) is 18.2 Å². The molecular formula is C13H11F3N2O. The molecule has 0 saturated carbocycles. The number of nitrogens with zero attached hydrogens (tertiary/aromatic N) is 1. The molecule has 2 rings (SSSR count). The summed E-state index contributed by atoms with van der Waals surface area (Å²) in [5.74, 6) is -0.285. The van der Waals surface area contributed by atoms with Crippen molar-refractivity contribution < 1.29 is 17.9 Å². The first-order valence-corrected chi connectivity index (χ1v) is 5.45. The van der Waals surface area contributed by atoms with Gasteiger partial charge in [-0.15, -0.1) is 13.2 Å². The van der Waals surface area contributed by atoms with Crippen LogP contribution in [0.2, 0.25) is 0 Å². The molecule has 0 aliphatic rings. The van der Waals surface area contributed by atoms with Crippen LogP contribution in [0.25, 0.3) is 11.1 Å². The highest BCUT2D eigenvalue weighted by molar-refractivity contribution is 5.81. The molecule has 0 aliphatic carbocycles. The minimum absolute atomic E-state index is 0.280. The molecule has 3 nitrogen and oxygen atoms in total. The number of rotatable bonds is 2. The molecule has 0 fully saturated rings. The second kappa shape index (κ2) is 4.79. The molecule has 0 radical (unpaired) electrons. The van der Waals surface area contributed by atoms with Gasteiger partial charge in [-0.25, -0.2) is 0 Å². The second-order valence-electron chi connectivity index (χ2n) is 3.90. The van der Waals surface area contributed by atoms with Gasteiger partial charge in [-0.3, -0.25) is 4.98 Å². The molecule has 19 heavy (non-hydrogen) atoms. The first kappa shape index (κ1) is 13.2. The van der Waals surface area contributed by atoms with E-state index in [4.69, 9.17) is 5.73 Å². The molecule has 0 bridgehead atoms. The molecular weight excluding hydrogens is 257 g/mol. The summed E-state index contributed by atoms with van der Waals surface area (Å²) in [7, 11) is 0. The van der Waals surface area contributed by atoms with E-state index in [0.717, 1.165) is 0 Å². The van der Waals surface area contributed by atoms with Gasteiger partial charge in [0.1, 0.15) is 5.75 Å². The Morgan fingerprint density at radius 2 is 1.79 bits per heavy atom. The molecule has 0 aliphatic heterocycles. The zero-order chi connectivity index (χ0) is 14.0. The Morgan fingerprint density at radius 1 is 1.11 bits per heavy atom. The summed E-state index contributed by atoms with van der Waals surface area (Å²) >= 11 is 0. The number of hydrogen-bond acceptors (Lipinski definition) is 3. The summed E-state index contributed by atoms with van der Waals surface area (Å²) in [4.78, 5) is 3.98. The fraction of sp³-hybridized carbons (Fsp3) is 0.154. The number of aryl methyl sites for hydroxylation is 1. The number of aromatic nitrogens is 1. The summed E-state index contributed by atoms with van der Waals surface area (Å²) in [5.41, 5.74) is 7.48. The Morgan fingerprint density at radius 3 is 2.47 bits per heavy atom. The van der Waals surface area contributed by atoms with E-state index in [1.807, 2.05) is 0 Å². The number of anilines is 1. The van der Waals surface area contributed by atoms with Crippen LogP contribution in [0, 0.1) is 6.92 Å². The lowest BCUT2D eigenvalue weighted by Gasteiger charge is -2.14. The molecule has 0 atom stereocenters. The van der Waals surface area contributed by atoms with Gasteiger partial charge in [0.05, 0.1) is 11.4 Å². The van der Waals surface area contributed by atoms with Crippen molar-refractivity contribution in [3.05, 3.63) is 42.2 Å². The van der Waals surface area contributed by atoms with E-state index in [9.17, 15) is 13.2 Å². The van der Waals surface area contributed by atoms with Gasteiger partial charge in [-0.2, -0.15) is 0 Å². The van der Waals surface area contributed by atoms with Gasteiger partial charge in [0.15, 0.2) is 0 Å². The smallest absolute Gasteiger partial charge is 0.405 e. The van der Waals surface area contributed by atoms with Gasteiger partial charge in [0.25, 0.3) is 0 Å². The quantitative estimate of drug-likeness (QED) is 0.906. The van der Waals surface area contributed by atoms with Crippen molar-refractivity contribution >= 4 is 5.69 Å². The molecule has 0 unspecified atom stereocenters. The third kappa shape index (κ3) is 2.96. The van der Waals surface area contributed by atoms with E-state index in [0.29, 0.717) is 16.9 Å². The highest BCUT2D eigenvalue weighted by Crippen LogP contribution is 2.36. The fourth-order valence-electron chi connectivity index (χ4n) is 1.72. The van der Waals surface area contributed by atoms with Crippen LogP contribution >= 0.6 is 0 Å². The van der Waals surface area contributed by atoms with Crippen LogP contribution in [-0.2, 0) is 0 Å². The van der Waals surface area contributed by atoms with Crippen molar-refractivity contribution in [1.82, 2.24) is 4.98 Å². The number of ether oxygens (including phenoxy) is 1. The molecule has 1 aromatic carbocycles. The third-order valence-corrected chi connectivity index (χ3v) is 2.59. The number of nitrogen functional groups attached to an aromatic ring is 1. The average molecular weight is 268 g/mol. The van der Waals surface area contributed by atoms with Crippen LogP contribution in [0.1, 0.15) is 5.69 Å². The molecule has 0 spiro atoms. The summed E-state index contributed by atoms with van der Waals surface area (Å²) in [5, 5.41) is 0. The molecule has 0 amide bonds. The van der Waals surface area contributed by atoms with Crippen molar-refractivity contribution in [1.29, 1.82) is 0 Å². The van der Waals surface area contributed by atoms with Crippen molar-refractivity contribution in [3.63, 3.8) is 0 Å². The van der Waals surface area contributed by atoms with E-state index in [1.54, 1.807) is 19.1 Å². The van der Waals surface area contributed by atoms with E-state index < -0.39 is 6.36 Å². The lowest BCUT2D eigenvalue weighted by molar-refractivity contribution is -0.274. The number of nitrogens with two attached hydrogens (primary N) is 1. The normalized spacial score (nSPS) is 11.4. The van der Waals surface area contributed by atoms with Crippen molar-refractivity contribution in [2.45, 2.75) is 13.3 Å². The van der Waals surface area contributed by atoms with E-state index in [2.05, 4.69) is 9.72 Å². The molecule has 2 N–H and O–H groups in total. The predicted molar refractivity (Wildman–Crippen MR) is 65.5 cm³/mol. The first-order valence-electron chi connectivity index (χ1n) is 5.45. The maximum atomic E-state index is 12.4. The van der Waals surface area contributed by atoms with Crippen molar-refractivity contribution in [2.75, 3.05) is 5.73 Å². The van der Waals surface area contributed by atoms with E-state index in [1.165, 1.54) is 24.4 Å². The molecule has 2 aromatic rings. The number of para-hydroxylation sites is 1. The highest BCUT2D eigenvalue weighted by atomic mass is 19.4. The molecule has 100 valence electrons. The Hall–Kier alpha value is -2.24. The van der Waals surface area contributed by atoms with Crippen molar-refractivity contribution in [3.8, 4) is 16.9 Å². The van der Waals surface area contributed by atoms with E-state index >= 15 is 0 Å². The summed E-state index contributed by atoms with van der Waals surface area (Å²) in [6, 6.07) is 7.41. The average Bonchev–Trinajstić information content (AvgIpc) is 2.32. The summed E-state index contributed by atoms with van der Waals surface area (Å²) < 4.78 is 41.1. The van der Waals surface area contributed by atoms with Crippen LogP contribution in [0.4, 0.5) is 18.9 Å². The van der Waals surface area contributed by atoms with Gasteiger partial charge in [-0.05, 0) is 19.1 Å². The number of halogens is 3. The van der Waals surface area contributed by atoms with Gasteiger partial charge in [0, 0.05) is 17.3 Å². The number of hydrogen-bond donors (Lipinski definition) is 1. The van der Waals surface area contributed by atoms with Crippen LogP contribution < -0.4 is 10.5 Å². The van der Waals surface area contributed by atoms with E-state index in [-0.39, 0.29) is 11.3 Å². The Balaban J connectivity index is 2.54. The molecule has 1 heterocycles. The zero-order valence-corrected chi connectivity index (χ0v) is 10.0. The number of benzene rings is 1. The van der Waals surface area contributed by atoms with Gasteiger partial charge in [0.2, 0.25) is 0 Å². The standard InChI is InChI=1S/C13H11F3N2O/c1-8-12(17)10(6-7-18-8)9-4-2-3-5-11(9)19-13(14,15)16/h2-7H,17H2,1H3. The third-order valence-electron chi connectivity index (χ3n) is 2.59. The first-order chi connectivity index (χ1) is 8.88. The lowest BCUT2D eigenvalue weighted by atomic mass is 10.0. The fourth-order valence-corrected chi connectivity index (χ4v) is 1.72. The topological polar surface area (TPSA) is 48.1 Å². The largest absolute Gasteiger partial charge is 0.573 e. The SMILES string of the molecule is Cc1nccc(-c2ccccc2OC(F)(F)F)c1N. The Labute approximate surface area is 107 Å². The highest BCUT2D eigenvalue weighted by Gasteiger charge is 2.32. The lowest BCUT2D eigenvalue weighted by Crippen LogP contribution is -2.17. The molecule has 1 aromatic heterocycles. The summed E-state index contributed by atoms with van der Waals surface area (Å²) in [6.45, 7) is 1.69. The molecule has 0 saturated heterocycles. The monoisotopic (exact) mass is 268 g/mol. The van der Waals surface area contributed by atoms with Crippen LogP contribution in [0.15, 0.2) is 36.5 Å². The minimum atomic E-state index is -4.74. The Bertz CT molecular complexity index is 597. The van der Waals surface area contributed by atoms with Crippen LogP contribution in [-0.4, -0.2) is 11.3 Å². The second-order valence-corrected chi connectivity index (χ2v) is 3.90. The maximum absolute atomic E-state index is 12.4. The zero-order valence-electron chi connectivity index (χ0n) is 10.0. The van der Waals surface area contributed by atoms with Crippen LogP contribution in [0.5, 0.6) is 5.75 Å². The van der Waals surface area contributed by atoms with Gasteiger partial charge < -0.3 is 10.5 Å². The Kier molecular flexibility index (Phi) is 3.33. The molecule has 6 heteroatoms. The van der Waals surface area contributed by atoms with Crippen molar-refractivity contribution in [2.24, 2.45) is 0 Å². The predicted octanol–water partition coefficient (Wildman–Crippen LogP) is 3.54. The number of alkyl halides is 3. The van der Waals surface area contributed by atoms with Crippen LogP contribution in [0.3, 0.4) is 0 Å². The minimum Gasteiger partial charge on any atom is -0.405 e. The summed E-state index contributed by atoms with van der Waals surface area (Å²) in [6.07, 6.45) is -3.25. The maximum Gasteiger partial charge on any atom is 0.573 e. The van der Waals surface area contributed by atoms with Gasteiger partial charge >= 0.3 is 6.36 Å². The number of pyridine rings is 1.